The number of anilines is 1. The van der Waals surface area contributed by atoms with Crippen molar-refractivity contribution in [3.8, 4) is 0 Å². The molecule has 0 radical (unpaired) electrons. The smallest absolute Gasteiger partial charge is 0.185 e. The van der Waals surface area contributed by atoms with Crippen LogP contribution in [-0.2, 0) is 6.54 Å². The van der Waals surface area contributed by atoms with Gasteiger partial charge in [0.15, 0.2) is 5.13 Å². The van der Waals surface area contributed by atoms with Crippen LogP contribution in [0, 0.1) is 0 Å². The zero-order chi connectivity index (χ0) is 13.0. The molecule has 1 saturated carbocycles. The van der Waals surface area contributed by atoms with Gasteiger partial charge in [0.25, 0.3) is 0 Å². The summed E-state index contributed by atoms with van der Waals surface area (Å²) in [5, 5.41) is 4.67. The highest BCUT2D eigenvalue weighted by Crippen LogP contribution is 2.24. The van der Waals surface area contributed by atoms with Crippen molar-refractivity contribution in [2.45, 2.75) is 31.8 Å². The van der Waals surface area contributed by atoms with E-state index in [4.69, 9.17) is 0 Å². The van der Waals surface area contributed by atoms with E-state index in [2.05, 4.69) is 41.2 Å². The lowest BCUT2D eigenvalue weighted by molar-refractivity contribution is 0.401. The first kappa shape index (κ1) is 13.8. The van der Waals surface area contributed by atoms with Gasteiger partial charge in [0, 0.05) is 37.3 Å². The molecule has 0 aromatic carbocycles. The Morgan fingerprint density at radius 3 is 2.78 bits per heavy atom. The lowest BCUT2D eigenvalue weighted by Crippen LogP contribution is -2.23. The lowest BCUT2D eigenvalue weighted by Gasteiger charge is -2.17. The Hall–Kier alpha value is -0.650. The van der Waals surface area contributed by atoms with Crippen molar-refractivity contribution in [3.63, 3.8) is 0 Å². The van der Waals surface area contributed by atoms with Crippen LogP contribution < -0.4 is 10.2 Å². The van der Waals surface area contributed by atoms with E-state index >= 15 is 0 Å². The molecule has 18 heavy (non-hydrogen) atoms. The number of nitrogens with zero attached hydrogens (tertiary/aromatic N) is 3. The van der Waals surface area contributed by atoms with Gasteiger partial charge in [0.2, 0.25) is 0 Å². The van der Waals surface area contributed by atoms with Crippen molar-refractivity contribution < 1.29 is 0 Å². The second-order valence-corrected chi connectivity index (χ2v) is 6.44. The fourth-order valence-electron chi connectivity index (χ4n) is 1.81. The summed E-state index contributed by atoms with van der Waals surface area (Å²) in [6, 6.07) is 0.772. The Kier molecular flexibility index (Phi) is 4.97. The Morgan fingerprint density at radius 1 is 1.33 bits per heavy atom. The summed E-state index contributed by atoms with van der Waals surface area (Å²) in [4.78, 5) is 10.3. The lowest BCUT2D eigenvalue weighted by atomic mass is 10.4. The Balaban J connectivity index is 1.73. The van der Waals surface area contributed by atoms with Crippen LogP contribution in [0.5, 0.6) is 0 Å². The van der Waals surface area contributed by atoms with E-state index in [9.17, 15) is 0 Å². The molecule has 0 amide bonds. The van der Waals surface area contributed by atoms with Crippen LogP contribution in [0.1, 0.15) is 24.1 Å². The van der Waals surface area contributed by atoms with E-state index < -0.39 is 0 Å². The average Bonchev–Trinajstić information content (AvgIpc) is 3.03. The topological polar surface area (TPSA) is 31.4 Å². The van der Waals surface area contributed by atoms with E-state index in [0.717, 1.165) is 30.8 Å². The molecule has 1 aliphatic rings. The van der Waals surface area contributed by atoms with Gasteiger partial charge in [-0.1, -0.05) is 0 Å². The first-order valence-electron chi connectivity index (χ1n) is 6.69. The minimum atomic E-state index is 0.772. The van der Waals surface area contributed by atoms with Crippen molar-refractivity contribution >= 4 is 16.5 Å². The van der Waals surface area contributed by atoms with Gasteiger partial charge < -0.3 is 15.1 Å². The molecule has 5 heteroatoms. The fourth-order valence-corrected chi connectivity index (χ4v) is 2.66. The van der Waals surface area contributed by atoms with Crippen LogP contribution in [0.4, 0.5) is 5.13 Å². The molecular weight excluding hydrogens is 244 g/mol. The molecule has 1 aromatic rings. The maximum atomic E-state index is 4.50. The molecule has 4 nitrogen and oxygen atoms in total. The third-order valence-electron chi connectivity index (χ3n) is 3.11. The van der Waals surface area contributed by atoms with Crippen molar-refractivity contribution in [3.05, 3.63) is 11.1 Å². The maximum Gasteiger partial charge on any atom is 0.185 e. The average molecular weight is 268 g/mol. The van der Waals surface area contributed by atoms with E-state index in [1.54, 1.807) is 0 Å². The normalized spacial score (nSPS) is 15.3. The first-order valence-corrected chi connectivity index (χ1v) is 7.51. The summed E-state index contributed by atoms with van der Waals surface area (Å²) in [5.41, 5.74) is 0. The summed E-state index contributed by atoms with van der Waals surface area (Å²) in [6.07, 6.45) is 5.88. The molecule has 0 bridgehead atoms. The molecule has 1 aromatic heterocycles. The highest BCUT2D eigenvalue weighted by molar-refractivity contribution is 7.15. The quantitative estimate of drug-likeness (QED) is 0.779. The van der Waals surface area contributed by atoms with Gasteiger partial charge >= 0.3 is 0 Å². The van der Waals surface area contributed by atoms with E-state index in [0.29, 0.717) is 0 Å². The minimum absolute atomic E-state index is 0.772. The zero-order valence-electron chi connectivity index (χ0n) is 11.6. The van der Waals surface area contributed by atoms with Gasteiger partial charge in [-0.15, -0.1) is 11.3 Å². The SMILES string of the molecule is CN(C)CCCN(C)c1ncc(CNC2CC2)s1. The second-order valence-electron chi connectivity index (χ2n) is 5.34. The molecule has 1 heterocycles. The third-order valence-corrected chi connectivity index (χ3v) is 4.22. The maximum absolute atomic E-state index is 4.50. The van der Waals surface area contributed by atoms with Gasteiger partial charge in [0.1, 0.15) is 0 Å². The van der Waals surface area contributed by atoms with E-state index in [-0.39, 0.29) is 0 Å². The zero-order valence-corrected chi connectivity index (χ0v) is 12.5. The van der Waals surface area contributed by atoms with Crippen LogP contribution >= 0.6 is 11.3 Å². The van der Waals surface area contributed by atoms with Crippen molar-refractivity contribution in [2.75, 3.05) is 39.1 Å². The van der Waals surface area contributed by atoms with Gasteiger partial charge in [-0.2, -0.15) is 0 Å². The number of rotatable bonds is 8. The van der Waals surface area contributed by atoms with Gasteiger partial charge in [0.05, 0.1) is 0 Å². The molecule has 2 rings (SSSR count). The largest absolute Gasteiger partial charge is 0.351 e. The van der Waals surface area contributed by atoms with Gasteiger partial charge in [-0.05, 0) is 39.9 Å². The Morgan fingerprint density at radius 2 is 2.11 bits per heavy atom. The van der Waals surface area contributed by atoms with Gasteiger partial charge in [-0.25, -0.2) is 4.98 Å². The Labute approximate surface area is 114 Å². The number of nitrogens with one attached hydrogen (secondary N) is 1. The van der Waals surface area contributed by atoms with Crippen molar-refractivity contribution in [1.29, 1.82) is 0 Å². The summed E-state index contributed by atoms with van der Waals surface area (Å²) in [6.45, 7) is 3.18. The summed E-state index contributed by atoms with van der Waals surface area (Å²) < 4.78 is 0. The number of aromatic nitrogens is 1. The minimum Gasteiger partial charge on any atom is -0.351 e. The van der Waals surface area contributed by atoms with Crippen LogP contribution in [0.25, 0.3) is 0 Å². The molecule has 0 unspecified atom stereocenters. The van der Waals surface area contributed by atoms with Crippen LogP contribution in [0.3, 0.4) is 0 Å². The first-order chi connectivity index (χ1) is 8.65. The predicted octanol–water partition coefficient (Wildman–Crippen LogP) is 1.78. The standard InChI is InChI=1S/C13H24N4S/c1-16(2)7-4-8-17(3)13-15-10-12(18-13)9-14-11-5-6-11/h10-11,14H,4-9H2,1-3H3. The molecule has 1 fully saturated rings. The molecule has 1 aliphatic carbocycles. The molecule has 0 atom stereocenters. The second kappa shape index (κ2) is 6.50. The number of thiazole rings is 1. The molecule has 102 valence electrons. The number of hydrogen-bond acceptors (Lipinski definition) is 5. The van der Waals surface area contributed by atoms with Crippen LogP contribution in [0.2, 0.25) is 0 Å². The fraction of sp³-hybridized carbons (Fsp3) is 0.769. The highest BCUT2D eigenvalue weighted by atomic mass is 32.1. The highest BCUT2D eigenvalue weighted by Gasteiger charge is 2.20. The van der Waals surface area contributed by atoms with Crippen molar-refractivity contribution in [1.82, 2.24) is 15.2 Å². The summed E-state index contributed by atoms with van der Waals surface area (Å²) in [5.74, 6) is 0. The molecule has 1 N–H and O–H groups in total. The summed E-state index contributed by atoms with van der Waals surface area (Å²) in [7, 11) is 6.36. The van der Waals surface area contributed by atoms with Crippen LogP contribution in [-0.4, -0.2) is 50.2 Å². The third kappa shape index (κ3) is 4.55. The van der Waals surface area contributed by atoms with Gasteiger partial charge in [-0.3, -0.25) is 0 Å². The number of hydrogen-bond donors (Lipinski definition) is 1. The van der Waals surface area contributed by atoms with E-state index in [1.807, 2.05) is 17.5 Å². The molecular formula is C13H24N4S. The monoisotopic (exact) mass is 268 g/mol. The van der Waals surface area contributed by atoms with Crippen molar-refractivity contribution in [2.24, 2.45) is 0 Å². The molecule has 0 aliphatic heterocycles. The summed E-state index contributed by atoms with van der Waals surface area (Å²) >= 11 is 1.81. The Bertz CT molecular complexity index is 360. The predicted molar refractivity (Wildman–Crippen MR) is 78.4 cm³/mol. The van der Waals surface area contributed by atoms with E-state index in [1.165, 1.54) is 24.1 Å². The van der Waals surface area contributed by atoms with Crippen LogP contribution in [0.15, 0.2) is 6.20 Å². The molecule has 0 spiro atoms. The molecule has 0 saturated heterocycles.